The molecule has 1 aromatic carbocycles. The number of nitrogens with one attached hydrogen (secondary N) is 1. The molecule has 0 fully saturated rings. The zero-order valence-corrected chi connectivity index (χ0v) is 12.7. The Kier molecular flexibility index (Phi) is 4.78. The Morgan fingerprint density at radius 1 is 1.45 bits per heavy atom. The van der Waals surface area contributed by atoms with E-state index in [-0.39, 0.29) is 11.9 Å². The Balaban J connectivity index is 2.33. The highest BCUT2D eigenvalue weighted by molar-refractivity contribution is 6.31. The van der Waals surface area contributed by atoms with Crippen molar-refractivity contribution in [2.24, 2.45) is 0 Å². The summed E-state index contributed by atoms with van der Waals surface area (Å²) in [5, 5.41) is 8.12. The highest BCUT2D eigenvalue weighted by atomic mass is 35.5. The minimum Gasteiger partial charge on any atom is -0.311 e. The van der Waals surface area contributed by atoms with Gasteiger partial charge in [-0.25, -0.2) is 4.39 Å². The first-order chi connectivity index (χ1) is 9.56. The quantitative estimate of drug-likeness (QED) is 0.915. The first-order valence-electron chi connectivity index (χ1n) is 6.71. The van der Waals surface area contributed by atoms with Gasteiger partial charge in [0.15, 0.2) is 0 Å². The molecule has 1 heterocycles. The Bertz CT molecular complexity index is 575. The second kappa shape index (κ2) is 6.37. The van der Waals surface area contributed by atoms with Gasteiger partial charge in [0.1, 0.15) is 5.82 Å². The van der Waals surface area contributed by atoms with Crippen molar-refractivity contribution >= 4 is 11.6 Å². The molecule has 1 unspecified atom stereocenters. The number of rotatable bonds is 5. The molecular weight excluding hydrogens is 277 g/mol. The largest absolute Gasteiger partial charge is 0.311 e. The smallest absolute Gasteiger partial charge is 0.127 e. The van der Waals surface area contributed by atoms with Crippen LogP contribution in [-0.2, 0) is 13.0 Å². The van der Waals surface area contributed by atoms with E-state index in [1.165, 1.54) is 6.07 Å². The maximum Gasteiger partial charge on any atom is 0.127 e. The van der Waals surface area contributed by atoms with E-state index in [4.69, 9.17) is 11.6 Å². The fourth-order valence-corrected chi connectivity index (χ4v) is 2.63. The lowest BCUT2D eigenvalue weighted by molar-refractivity contribution is 0.501. The van der Waals surface area contributed by atoms with Crippen molar-refractivity contribution < 1.29 is 4.39 Å². The van der Waals surface area contributed by atoms with Crippen LogP contribution in [0.3, 0.4) is 0 Å². The number of halogens is 2. The van der Waals surface area contributed by atoms with Crippen LogP contribution < -0.4 is 5.32 Å². The molecule has 0 aliphatic heterocycles. The molecule has 20 heavy (non-hydrogen) atoms. The van der Waals surface area contributed by atoms with E-state index in [0.29, 0.717) is 17.0 Å². The molecule has 0 bridgehead atoms. The first kappa shape index (κ1) is 15.0. The van der Waals surface area contributed by atoms with Crippen LogP contribution in [0.15, 0.2) is 24.3 Å². The molecule has 0 amide bonds. The van der Waals surface area contributed by atoms with Gasteiger partial charge < -0.3 is 5.32 Å². The molecule has 5 heteroatoms. The van der Waals surface area contributed by atoms with Crippen LogP contribution in [0.4, 0.5) is 4.39 Å². The molecule has 0 saturated carbocycles. The lowest BCUT2D eigenvalue weighted by atomic mass is 10.0. The van der Waals surface area contributed by atoms with E-state index >= 15 is 0 Å². The Labute approximate surface area is 123 Å². The number of nitrogens with zero attached hydrogens (tertiary/aromatic N) is 2. The molecule has 108 valence electrons. The molecule has 1 aromatic heterocycles. The molecule has 0 radical (unpaired) electrons. The molecule has 0 saturated heterocycles. The summed E-state index contributed by atoms with van der Waals surface area (Å²) in [6, 6.07) is 6.78. The minimum atomic E-state index is -0.267. The van der Waals surface area contributed by atoms with Gasteiger partial charge in [-0.2, -0.15) is 5.10 Å². The summed E-state index contributed by atoms with van der Waals surface area (Å²) >= 11 is 6.11. The number of likely N-dealkylation sites (N-methyl/N-ethyl adjacent to an activating group) is 1. The highest BCUT2D eigenvalue weighted by Gasteiger charge is 2.19. The van der Waals surface area contributed by atoms with Crippen LogP contribution in [0.2, 0.25) is 5.02 Å². The monoisotopic (exact) mass is 295 g/mol. The fraction of sp³-hybridized carbons (Fsp3) is 0.400. The maximum absolute atomic E-state index is 13.9. The Morgan fingerprint density at radius 2 is 2.20 bits per heavy atom. The van der Waals surface area contributed by atoms with Crippen LogP contribution >= 0.6 is 11.6 Å². The van der Waals surface area contributed by atoms with E-state index in [0.717, 1.165) is 17.9 Å². The topological polar surface area (TPSA) is 29.9 Å². The minimum absolute atomic E-state index is 0.0226. The zero-order chi connectivity index (χ0) is 14.7. The predicted molar refractivity (Wildman–Crippen MR) is 79.6 cm³/mol. The predicted octanol–water partition coefficient (Wildman–Crippen LogP) is 3.51. The van der Waals surface area contributed by atoms with Crippen LogP contribution in [0.1, 0.15) is 29.9 Å². The summed E-state index contributed by atoms with van der Waals surface area (Å²) in [7, 11) is 1.86. The molecule has 1 atom stereocenters. The van der Waals surface area contributed by atoms with Gasteiger partial charge >= 0.3 is 0 Å². The van der Waals surface area contributed by atoms with Gasteiger partial charge in [-0.3, -0.25) is 4.68 Å². The third-order valence-corrected chi connectivity index (χ3v) is 3.76. The van der Waals surface area contributed by atoms with E-state index in [2.05, 4.69) is 10.4 Å². The summed E-state index contributed by atoms with van der Waals surface area (Å²) in [5.74, 6) is -0.267. The maximum atomic E-state index is 13.9. The molecule has 3 nitrogen and oxygen atoms in total. The van der Waals surface area contributed by atoms with Crippen LogP contribution in [-0.4, -0.2) is 16.8 Å². The van der Waals surface area contributed by atoms with Gasteiger partial charge in [0, 0.05) is 17.1 Å². The van der Waals surface area contributed by atoms with Gasteiger partial charge in [0.25, 0.3) is 0 Å². The van der Waals surface area contributed by atoms with Gasteiger partial charge in [-0.1, -0.05) is 17.7 Å². The van der Waals surface area contributed by atoms with Crippen LogP contribution in [0, 0.1) is 12.7 Å². The lowest BCUT2D eigenvalue weighted by Crippen LogP contribution is -2.23. The normalized spacial score (nSPS) is 12.7. The third-order valence-electron chi connectivity index (χ3n) is 3.41. The van der Waals surface area contributed by atoms with Crippen molar-refractivity contribution in [2.45, 2.75) is 32.9 Å². The molecular formula is C15H19ClFN3. The van der Waals surface area contributed by atoms with E-state index in [1.54, 1.807) is 12.1 Å². The summed E-state index contributed by atoms with van der Waals surface area (Å²) in [4.78, 5) is 0. The van der Waals surface area contributed by atoms with Crippen molar-refractivity contribution in [3.8, 4) is 0 Å². The van der Waals surface area contributed by atoms with Crippen molar-refractivity contribution in [3.63, 3.8) is 0 Å². The van der Waals surface area contributed by atoms with Gasteiger partial charge in [0.2, 0.25) is 0 Å². The second-order valence-electron chi connectivity index (χ2n) is 4.77. The van der Waals surface area contributed by atoms with E-state index in [9.17, 15) is 4.39 Å². The number of benzene rings is 1. The molecule has 2 aromatic rings. The first-order valence-corrected chi connectivity index (χ1v) is 7.09. The van der Waals surface area contributed by atoms with Crippen molar-refractivity contribution in [1.29, 1.82) is 0 Å². The summed E-state index contributed by atoms with van der Waals surface area (Å²) in [5.41, 5.74) is 2.54. The van der Waals surface area contributed by atoms with Crippen molar-refractivity contribution in [1.82, 2.24) is 15.1 Å². The average molecular weight is 296 g/mol. The number of hydrogen-bond donors (Lipinski definition) is 1. The van der Waals surface area contributed by atoms with E-state index < -0.39 is 0 Å². The molecule has 1 N–H and O–H groups in total. The van der Waals surface area contributed by atoms with E-state index in [1.807, 2.05) is 31.6 Å². The van der Waals surface area contributed by atoms with Crippen LogP contribution in [0.25, 0.3) is 0 Å². The average Bonchev–Trinajstić information content (AvgIpc) is 2.80. The molecule has 0 spiro atoms. The zero-order valence-electron chi connectivity index (χ0n) is 12.0. The van der Waals surface area contributed by atoms with Gasteiger partial charge in [-0.15, -0.1) is 0 Å². The fourth-order valence-electron chi connectivity index (χ4n) is 2.39. The SMILES string of the molecule is CCn1nc(C)cc1C(Cc1c(F)cccc1Cl)NC. The second-order valence-corrected chi connectivity index (χ2v) is 5.18. The highest BCUT2D eigenvalue weighted by Crippen LogP contribution is 2.26. The number of aryl methyl sites for hydroxylation is 2. The van der Waals surface area contributed by atoms with Gasteiger partial charge in [-0.05, 0) is 45.5 Å². The molecule has 0 aliphatic rings. The standard InChI is InChI=1S/C15H19ClFN3/c1-4-20-15(8-10(2)19-20)14(18-3)9-11-12(16)6-5-7-13(11)17/h5-8,14,18H,4,9H2,1-3H3. The Morgan fingerprint density at radius 3 is 2.80 bits per heavy atom. The van der Waals surface area contributed by atoms with Crippen LogP contribution in [0.5, 0.6) is 0 Å². The molecule has 2 rings (SSSR count). The Hall–Kier alpha value is -1.39. The van der Waals surface area contributed by atoms with Crippen molar-refractivity contribution in [2.75, 3.05) is 7.05 Å². The number of hydrogen-bond acceptors (Lipinski definition) is 2. The van der Waals surface area contributed by atoms with Gasteiger partial charge in [0.05, 0.1) is 17.4 Å². The summed E-state index contributed by atoms with van der Waals surface area (Å²) in [6.07, 6.45) is 0.493. The summed E-state index contributed by atoms with van der Waals surface area (Å²) < 4.78 is 15.9. The summed E-state index contributed by atoms with van der Waals surface area (Å²) in [6.45, 7) is 4.78. The third kappa shape index (κ3) is 3.02. The lowest BCUT2D eigenvalue weighted by Gasteiger charge is -2.18. The number of aromatic nitrogens is 2. The van der Waals surface area contributed by atoms with Crippen molar-refractivity contribution in [3.05, 3.63) is 52.1 Å². The molecule has 0 aliphatic carbocycles.